The van der Waals surface area contributed by atoms with E-state index in [1.165, 1.54) is 4.90 Å². The van der Waals surface area contributed by atoms with Crippen LogP contribution in [0.25, 0.3) is 0 Å². The SMILES string of the molecule is CCOc1ccc(N2CC(NC(=O)Nc3ccc(F)c(C(F)(F)F)c3)CC2=O)cc1. The maximum absolute atomic E-state index is 13.3. The Kier molecular flexibility index (Phi) is 6.14. The van der Waals surface area contributed by atoms with Crippen LogP contribution in [0.2, 0.25) is 0 Å². The number of rotatable bonds is 5. The average Bonchev–Trinajstić information content (AvgIpc) is 3.03. The number of hydrogen-bond donors (Lipinski definition) is 2. The van der Waals surface area contributed by atoms with Crippen LogP contribution in [0, 0.1) is 5.82 Å². The normalized spacial score (nSPS) is 16.5. The van der Waals surface area contributed by atoms with Gasteiger partial charge in [-0.25, -0.2) is 9.18 Å². The predicted molar refractivity (Wildman–Crippen MR) is 102 cm³/mol. The largest absolute Gasteiger partial charge is 0.494 e. The number of amides is 3. The van der Waals surface area contributed by atoms with Crippen LogP contribution in [-0.2, 0) is 11.0 Å². The van der Waals surface area contributed by atoms with E-state index in [-0.39, 0.29) is 24.6 Å². The van der Waals surface area contributed by atoms with Crippen LogP contribution in [0.4, 0.5) is 33.7 Å². The minimum Gasteiger partial charge on any atom is -0.494 e. The van der Waals surface area contributed by atoms with Gasteiger partial charge in [-0.2, -0.15) is 13.2 Å². The second kappa shape index (κ2) is 8.60. The topological polar surface area (TPSA) is 70.7 Å². The molecule has 0 radical (unpaired) electrons. The van der Waals surface area contributed by atoms with E-state index in [2.05, 4.69) is 10.6 Å². The van der Waals surface area contributed by atoms with Crippen molar-refractivity contribution in [2.24, 2.45) is 0 Å². The molecular weight excluding hydrogens is 406 g/mol. The van der Waals surface area contributed by atoms with Crippen molar-refractivity contribution >= 4 is 23.3 Å². The van der Waals surface area contributed by atoms with Crippen LogP contribution in [0.5, 0.6) is 5.75 Å². The lowest BCUT2D eigenvalue weighted by Crippen LogP contribution is -2.39. The number of carbonyl (C=O) groups is 2. The Hall–Kier alpha value is -3.30. The van der Waals surface area contributed by atoms with Gasteiger partial charge in [0.25, 0.3) is 0 Å². The van der Waals surface area contributed by atoms with Gasteiger partial charge >= 0.3 is 12.2 Å². The van der Waals surface area contributed by atoms with E-state index >= 15 is 0 Å². The molecule has 0 aromatic heterocycles. The number of nitrogens with zero attached hydrogens (tertiary/aromatic N) is 1. The van der Waals surface area contributed by atoms with Gasteiger partial charge in [0.1, 0.15) is 11.6 Å². The molecule has 3 amide bonds. The summed E-state index contributed by atoms with van der Waals surface area (Å²) in [6, 6.07) is 7.75. The van der Waals surface area contributed by atoms with E-state index in [0.717, 1.165) is 6.07 Å². The van der Waals surface area contributed by atoms with Gasteiger partial charge in [-0.3, -0.25) is 4.79 Å². The lowest BCUT2D eigenvalue weighted by molar-refractivity contribution is -0.140. The highest BCUT2D eigenvalue weighted by Crippen LogP contribution is 2.33. The third-order valence-electron chi connectivity index (χ3n) is 4.45. The van der Waals surface area contributed by atoms with Gasteiger partial charge in [-0.05, 0) is 49.4 Å². The molecule has 6 nitrogen and oxygen atoms in total. The van der Waals surface area contributed by atoms with Crippen molar-refractivity contribution in [1.29, 1.82) is 0 Å². The van der Waals surface area contributed by atoms with Gasteiger partial charge in [0.15, 0.2) is 0 Å². The molecule has 0 spiro atoms. The summed E-state index contributed by atoms with van der Waals surface area (Å²) in [6.07, 6.45) is -4.84. The molecule has 1 aliphatic heterocycles. The fourth-order valence-corrected chi connectivity index (χ4v) is 3.12. The molecule has 160 valence electrons. The highest BCUT2D eigenvalue weighted by atomic mass is 19.4. The fraction of sp³-hybridized carbons (Fsp3) is 0.300. The molecule has 0 bridgehead atoms. The Morgan fingerprint density at radius 2 is 1.90 bits per heavy atom. The van der Waals surface area contributed by atoms with Gasteiger partial charge in [-0.15, -0.1) is 0 Å². The summed E-state index contributed by atoms with van der Waals surface area (Å²) in [4.78, 5) is 25.9. The van der Waals surface area contributed by atoms with Crippen molar-refractivity contribution in [3.63, 3.8) is 0 Å². The first-order valence-corrected chi connectivity index (χ1v) is 9.15. The Labute approximate surface area is 169 Å². The Morgan fingerprint density at radius 1 is 1.20 bits per heavy atom. The minimum absolute atomic E-state index is 0.0395. The van der Waals surface area contributed by atoms with Gasteiger partial charge in [0, 0.05) is 24.3 Å². The number of carbonyl (C=O) groups excluding carboxylic acids is 2. The highest BCUT2D eigenvalue weighted by molar-refractivity contribution is 5.97. The van der Waals surface area contributed by atoms with Crippen molar-refractivity contribution in [2.45, 2.75) is 25.6 Å². The van der Waals surface area contributed by atoms with Crippen LogP contribution < -0.4 is 20.3 Å². The van der Waals surface area contributed by atoms with E-state index in [0.29, 0.717) is 30.2 Å². The Bertz CT molecular complexity index is 932. The molecular formula is C20H19F4N3O3. The van der Waals surface area contributed by atoms with E-state index in [1.807, 2.05) is 6.92 Å². The van der Waals surface area contributed by atoms with Gasteiger partial charge in [-0.1, -0.05) is 0 Å². The molecule has 10 heteroatoms. The van der Waals surface area contributed by atoms with Crippen molar-refractivity contribution in [1.82, 2.24) is 5.32 Å². The Morgan fingerprint density at radius 3 is 2.53 bits per heavy atom. The summed E-state index contributed by atoms with van der Waals surface area (Å²) in [6.45, 7) is 2.58. The molecule has 2 aromatic rings. The lowest BCUT2D eigenvalue weighted by atomic mass is 10.2. The molecule has 1 heterocycles. The van der Waals surface area contributed by atoms with E-state index in [1.54, 1.807) is 24.3 Å². The standard InChI is InChI=1S/C20H19F4N3O3/c1-2-30-15-6-4-14(5-7-15)27-11-13(10-18(27)28)26-19(29)25-12-3-8-17(21)16(9-12)20(22,23)24/h3-9,13H,2,10-11H2,1H3,(H2,25,26,29). The number of nitrogens with one attached hydrogen (secondary N) is 2. The molecule has 2 N–H and O–H groups in total. The summed E-state index contributed by atoms with van der Waals surface area (Å²) in [5, 5.41) is 4.79. The monoisotopic (exact) mass is 425 g/mol. The van der Waals surface area contributed by atoms with Crippen molar-refractivity contribution in [2.75, 3.05) is 23.4 Å². The first-order chi connectivity index (χ1) is 14.2. The first kappa shape index (κ1) is 21.4. The predicted octanol–water partition coefficient (Wildman–Crippen LogP) is 4.17. The second-order valence-electron chi connectivity index (χ2n) is 6.62. The van der Waals surface area contributed by atoms with Crippen molar-refractivity contribution in [3.05, 3.63) is 53.8 Å². The summed E-state index contributed by atoms with van der Waals surface area (Å²) >= 11 is 0. The maximum Gasteiger partial charge on any atom is 0.419 e. The third-order valence-corrected chi connectivity index (χ3v) is 4.45. The molecule has 1 unspecified atom stereocenters. The zero-order chi connectivity index (χ0) is 21.9. The van der Waals surface area contributed by atoms with Gasteiger partial charge in [0.2, 0.25) is 5.91 Å². The van der Waals surface area contributed by atoms with Gasteiger partial charge in [0.05, 0.1) is 18.2 Å². The first-order valence-electron chi connectivity index (χ1n) is 9.15. The van der Waals surface area contributed by atoms with Crippen LogP contribution in [0.15, 0.2) is 42.5 Å². The average molecular weight is 425 g/mol. The summed E-state index contributed by atoms with van der Waals surface area (Å²) in [5.41, 5.74) is -1.05. The molecule has 1 fully saturated rings. The second-order valence-corrected chi connectivity index (χ2v) is 6.62. The van der Waals surface area contributed by atoms with E-state index < -0.39 is 29.6 Å². The zero-order valence-corrected chi connectivity index (χ0v) is 15.9. The molecule has 1 atom stereocenters. The third kappa shape index (κ3) is 5.00. The van der Waals surface area contributed by atoms with Gasteiger partial charge < -0.3 is 20.3 Å². The molecule has 3 rings (SSSR count). The molecule has 1 saturated heterocycles. The van der Waals surface area contributed by atoms with E-state index in [9.17, 15) is 27.2 Å². The number of hydrogen-bond acceptors (Lipinski definition) is 3. The smallest absolute Gasteiger partial charge is 0.419 e. The van der Waals surface area contributed by atoms with Crippen LogP contribution in [0.3, 0.4) is 0 Å². The summed E-state index contributed by atoms with van der Waals surface area (Å²) in [7, 11) is 0. The lowest BCUT2D eigenvalue weighted by Gasteiger charge is -2.18. The van der Waals surface area contributed by atoms with Crippen molar-refractivity contribution in [3.8, 4) is 5.75 Å². The molecule has 0 saturated carbocycles. The summed E-state index contributed by atoms with van der Waals surface area (Å²) in [5.74, 6) is -0.967. The van der Waals surface area contributed by atoms with Crippen LogP contribution in [-0.4, -0.2) is 31.1 Å². The van der Waals surface area contributed by atoms with Crippen LogP contribution >= 0.6 is 0 Å². The molecule has 30 heavy (non-hydrogen) atoms. The number of ether oxygens (including phenoxy) is 1. The van der Waals surface area contributed by atoms with E-state index in [4.69, 9.17) is 4.74 Å². The maximum atomic E-state index is 13.3. The Balaban J connectivity index is 1.61. The fourth-order valence-electron chi connectivity index (χ4n) is 3.12. The number of alkyl halides is 3. The van der Waals surface area contributed by atoms with Crippen LogP contribution in [0.1, 0.15) is 18.9 Å². The van der Waals surface area contributed by atoms with Crippen molar-refractivity contribution < 1.29 is 31.9 Å². The summed E-state index contributed by atoms with van der Waals surface area (Å²) < 4.78 is 57.1. The zero-order valence-electron chi connectivity index (χ0n) is 15.9. The molecule has 2 aromatic carbocycles. The number of anilines is 2. The quantitative estimate of drug-likeness (QED) is 0.707. The minimum atomic E-state index is -4.88. The molecule has 0 aliphatic carbocycles. The highest BCUT2D eigenvalue weighted by Gasteiger charge is 2.35. The molecule has 1 aliphatic rings. The number of urea groups is 1. The number of benzene rings is 2. The number of halogens is 4.